The van der Waals surface area contributed by atoms with Crippen LogP contribution in [0.2, 0.25) is 0 Å². The smallest absolute Gasteiger partial charge is 0.227 e. The number of hydrogen-bond donors (Lipinski definition) is 1. The maximum atomic E-state index is 12.9. The number of likely N-dealkylation sites (N-methyl/N-ethyl adjacent to an activating group) is 1. The number of likely N-dealkylation sites (tertiary alicyclic amines) is 1. The summed E-state index contributed by atoms with van der Waals surface area (Å²) < 4.78 is 0. The molecule has 1 amide bonds. The van der Waals surface area contributed by atoms with E-state index in [1.165, 1.54) is 10.9 Å². The predicted molar refractivity (Wildman–Crippen MR) is 116 cm³/mol. The lowest BCUT2D eigenvalue weighted by Crippen LogP contribution is -2.40. The van der Waals surface area contributed by atoms with Gasteiger partial charge in [-0.2, -0.15) is 5.26 Å². The summed E-state index contributed by atoms with van der Waals surface area (Å²) in [4.78, 5) is 24.9. The zero-order chi connectivity index (χ0) is 20.9. The van der Waals surface area contributed by atoms with Crippen LogP contribution in [0, 0.1) is 11.3 Å². The molecule has 1 fully saturated rings. The highest BCUT2D eigenvalue weighted by atomic mass is 16.2. The van der Waals surface area contributed by atoms with E-state index < -0.39 is 0 Å². The van der Waals surface area contributed by atoms with Crippen molar-refractivity contribution in [3.63, 3.8) is 0 Å². The molecule has 2 aliphatic rings. The molecule has 1 N–H and O–H groups in total. The minimum atomic E-state index is 0.137. The summed E-state index contributed by atoms with van der Waals surface area (Å²) in [5.41, 5.74) is 4.20. The second kappa shape index (κ2) is 9.00. The van der Waals surface area contributed by atoms with E-state index in [0.717, 1.165) is 49.0 Å². The van der Waals surface area contributed by atoms with Gasteiger partial charge >= 0.3 is 0 Å². The molecule has 4 rings (SSSR count). The molecule has 30 heavy (non-hydrogen) atoms. The Hall–Kier alpha value is -3.33. The van der Waals surface area contributed by atoms with Gasteiger partial charge in [-0.3, -0.25) is 4.79 Å². The maximum Gasteiger partial charge on any atom is 0.227 e. The van der Waals surface area contributed by atoms with Crippen molar-refractivity contribution in [2.75, 3.05) is 20.1 Å². The number of rotatable bonds is 5. The number of carbonyl (C=O) groups excluding carboxylic acids is 1. The molecule has 0 saturated carbocycles. The van der Waals surface area contributed by atoms with Crippen molar-refractivity contribution in [3.05, 3.63) is 70.6 Å². The maximum absolute atomic E-state index is 12.9. The number of nitrogens with one attached hydrogen (secondary N) is 1. The first kappa shape index (κ1) is 20.0. The fourth-order valence-corrected chi connectivity index (χ4v) is 4.26. The average molecular weight is 402 g/mol. The number of benzene rings is 1. The molecule has 2 aliphatic heterocycles. The Bertz CT molecular complexity index is 1090. The molecule has 0 spiro atoms. The van der Waals surface area contributed by atoms with E-state index in [-0.39, 0.29) is 11.9 Å². The summed E-state index contributed by atoms with van der Waals surface area (Å²) >= 11 is 0. The van der Waals surface area contributed by atoms with Gasteiger partial charge < -0.3 is 14.8 Å². The van der Waals surface area contributed by atoms with Gasteiger partial charge in [0.2, 0.25) is 5.91 Å². The highest BCUT2D eigenvalue weighted by Crippen LogP contribution is 2.23. The molecule has 1 aromatic carbocycles. The van der Waals surface area contributed by atoms with Crippen molar-refractivity contribution in [1.82, 2.24) is 14.8 Å². The van der Waals surface area contributed by atoms with Crippen molar-refractivity contribution in [1.29, 1.82) is 5.26 Å². The molecule has 1 saturated heterocycles. The number of nitriles is 1. The van der Waals surface area contributed by atoms with Gasteiger partial charge in [0.05, 0.1) is 25.0 Å². The van der Waals surface area contributed by atoms with Gasteiger partial charge in [-0.1, -0.05) is 30.3 Å². The first-order chi connectivity index (χ1) is 14.7. The van der Waals surface area contributed by atoms with Crippen LogP contribution < -0.4 is 10.7 Å². The highest BCUT2D eigenvalue weighted by molar-refractivity contribution is 5.79. The molecule has 1 unspecified atom stereocenters. The van der Waals surface area contributed by atoms with Crippen LogP contribution in [0.15, 0.2) is 53.8 Å². The number of hydrogen-bond acceptors (Lipinski definition) is 4. The molecule has 1 atom stereocenters. The van der Waals surface area contributed by atoms with Crippen molar-refractivity contribution in [3.8, 4) is 6.07 Å². The number of aromatic amines is 1. The zero-order valence-electron chi connectivity index (χ0n) is 17.3. The zero-order valence-corrected chi connectivity index (χ0v) is 17.3. The number of allylic oxidation sites excluding steroid dienone is 1. The van der Waals surface area contributed by atoms with Crippen LogP contribution in [-0.4, -0.2) is 46.9 Å². The van der Waals surface area contributed by atoms with E-state index in [9.17, 15) is 4.79 Å². The van der Waals surface area contributed by atoms with Gasteiger partial charge in [0, 0.05) is 43.4 Å². The number of nitrogens with zero attached hydrogens (tertiary/aromatic N) is 4. The summed E-state index contributed by atoms with van der Waals surface area (Å²) in [6.45, 7) is 1.81. The molecular weight excluding hydrogens is 374 g/mol. The number of H-pyrrole nitrogens is 1. The van der Waals surface area contributed by atoms with Crippen LogP contribution in [0.5, 0.6) is 0 Å². The van der Waals surface area contributed by atoms with Crippen LogP contribution in [0.3, 0.4) is 0 Å². The Morgan fingerprint density at radius 2 is 2.10 bits per heavy atom. The van der Waals surface area contributed by atoms with Gasteiger partial charge in [0.15, 0.2) is 0 Å². The molecule has 154 valence electrons. The summed E-state index contributed by atoms with van der Waals surface area (Å²) in [5.74, 6) is 0.137. The first-order valence-electron chi connectivity index (χ1n) is 10.5. The number of carbonyl (C=O) groups is 1. The van der Waals surface area contributed by atoms with E-state index >= 15 is 0 Å². The largest absolute Gasteiger partial charge is 0.372 e. The van der Waals surface area contributed by atoms with Crippen LogP contribution in [-0.2, 0) is 17.6 Å². The number of fused-ring (bicyclic) bond motifs is 1. The SMILES string of the molecule is CN(C(=O)Cc1ccc(CC#N)cc1)C1CCN(C2=c3cc[nH]c3=NC=CCC2)C1. The van der Waals surface area contributed by atoms with Crippen LogP contribution in [0.25, 0.3) is 5.70 Å². The minimum Gasteiger partial charge on any atom is -0.372 e. The Morgan fingerprint density at radius 1 is 1.30 bits per heavy atom. The lowest BCUT2D eigenvalue weighted by Gasteiger charge is -2.27. The van der Waals surface area contributed by atoms with Crippen LogP contribution in [0.1, 0.15) is 30.4 Å². The van der Waals surface area contributed by atoms with Crippen LogP contribution >= 0.6 is 0 Å². The van der Waals surface area contributed by atoms with Crippen molar-refractivity contribution in [2.24, 2.45) is 4.99 Å². The molecule has 6 nitrogen and oxygen atoms in total. The summed E-state index contributed by atoms with van der Waals surface area (Å²) in [7, 11) is 1.92. The quantitative estimate of drug-likeness (QED) is 0.831. The highest BCUT2D eigenvalue weighted by Gasteiger charge is 2.29. The lowest BCUT2D eigenvalue weighted by molar-refractivity contribution is -0.131. The van der Waals surface area contributed by atoms with E-state index in [1.807, 2.05) is 48.6 Å². The molecule has 0 aliphatic carbocycles. The van der Waals surface area contributed by atoms with Gasteiger partial charge in [-0.05, 0) is 36.5 Å². The normalized spacial score (nSPS) is 18.2. The summed E-state index contributed by atoms with van der Waals surface area (Å²) in [6, 6.07) is 12.2. The lowest BCUT2D eigenvalue weighted by atomic mass is 10.1. The fraction of sp³-hybridized carbons (Fsp3) is 0.375. The van der Waals surface area contributed by atoms with E-state index in [0.29, 0.717) is 12.8 Å². The average Bonchev–Trinajstić information content (AvgIpc) is 3.39. The van der Waals surface area contributed by atoms with E-state index in [4.69, 9.17) is 5.26 Å². The molecule has 1 aromatic heterocycles. The second-order valence-corrected chi connectivity index (χ2v) is 7.96. The minimum absolute atomic E-state index is 0.137. The van der Waals surface area contributed by atoms with Gasteiger partial charge in [-0.15, -0.1) is 0 Å². The van der Waals surface area contributed by atoms with Gasteiger partial charge in [-0.25, -0.2) is 4.99 Å². The molecule has 2 aromatic rings. The second-order valence-electron chi connectivity index (χ2n) is 7.96. The number of amides is 1. The number of aromatic nitrogens is 1. The van der Waals surface area contributed by atoms with Crippen molar-refractivity contribution < 1.29 is 4.79 Å². The third kappa shape index (κ3) is 4.30. The third-order valence-electron chi connectivity index (χ3n) is 6.04. The molecule has 3 heterocycles. The molecule has 0 bridgehead atoms. The summed E-state index contributed by atoms with van der Waals surface area (Å²) in [6.07, 6.45) is 9.64. The Morgan fingerprint density at radius 3 is 2.90 bits per heavy atom. The monoisotopic (exact) mass is 401 g/mol. The molecular formula is C24H27N5O. The first-order valence-corrected chi connectivity index (χ1v) is 10.5. The Kier molecular flexibility index (Phi) is 5.99. The Labute approximate surface area is 176 Å². The topological polar surface area (TPSA) is 75.5 Å². The molecule has 0 radical (unpaired) electrons. The fourth-order valence-electron chi connectivity index (χ4n) is 4.26. The molecule has 6 heteroatoms. The van der Waals surface area contributed by atoms with Gasteiger partial charge in [0.25, 0.3) is 0 Å². The predicted octanol–water partition coefficient (Wildman–Crippen LogP) is 1.89. The van der Waals surface area contributed by atoms with Gasteiger partial charge in [0.1, 0.15) is 5.49 Å². The van der Waals surface area contributed by atoms with Crippen LogP contribution in [0.4, 0.5) is 0 Å². The van der Waals surface area contributed by atoms with E-state index in [2.05, 4.69) is 33.1 Å². The summed E-state index contributed by atoms with van der Waals surface area (Å²) in [5, 5.41) is 9.96. The van der Waals surface area contributed by atoms with Crippen molar-refractivity contribution in [2.45, 2.75) is 38.1 Å². The van der Waals surface area contributed by atoms with E-state index in [1.54, 1.807) is 0 Å². The van der Waals surface area contributed by atoms with Crippen molar-refractivity contribution >= 4 is 11.6 Å². The third-order valence-corrected chi connectivity index (χ3v) is 6.04. The standard InChI is InChI=1S/C24H27N5O/c1-28(23(30)16-19-7-5-18(6-8-19)9-12-25)20-11-15-29(17-20)22-4-2-3-13-26-24-21(22)10-14-27-24/h3,5-8,10,13-14,20H,2,4,9,11,15-17H2,1H3,(H,26,27). The Balaban J connectivity index is 1.43.